The van der Waals surface area contributed by atoms with Gasteiger partial charge in [-0.25, -0.2) is 0 Å². The van der Waals surface area contributed by atoms with Gasteiger partial charge in [-0.15, -0.1) is 0 Å². The van der Waals surface area contributed by atoms with Crippen LogP contribution in [0.1, 0.15) is 11.1 Å². The Morgan fingerprint density at radius 2 is 1.20 bits per heavy atom. The number of rotatable bonds is 2. The van der Waals surface area contributed by atoms with Crippen LogP contribution in [0.5, 0.6) is 0 Å². The maximum Gasteiger partial charge on any atom is 0.456 e. The average molecular weight is 613 g/mol. The van der Waals surface area contributed by atoms with Crippen LogP contribution in [0.3, 0.4) is 0 Å². The van der Waals surface area contributed by atoms with Gasteiger partial charge in [0.1, 0.15) is 4.83 Å². The zero-order chi connectivity index (χ0) is 25.4. The van der Waals surface area contributed by atoms with Gasteiger partial charge in [-0.05, 0) is 29.3 Å². The van der Waals surface area contributed by atoms with E-state index in [0.717, 1.165) is 12.2 Å². The minimum absolute atomic E-state index is 0.0160. The Kier molecular flexibility index (Phi) is 7.09. The fourth-order valence-corrected chi connectivity index (χ4v) is 4.95. The lowest BCUT2D eigenvalue weighted by atomic mass is 9.87. The highest BCUT2D eigenvalue weighted by atomic mass is 79.9. The first-order valence-electron chi connectivity index (χ1n) is 10.3. The smallest absolute Gasteiger partial charge is 0.166 e. The summed E-state index contributed by atoms with van der Waals surface area (Å²) in [6, 6.07) is 16.9. The van der Waals surface area contributed by atoms with Crippen LogP contribution in [-0.2, 0) is 0 Å². The van der Waals surface area contributed by atoms with E-state index in [1.54, 1.807) is 60.7 Å². The Balaban J connectivity index is 1.90. The van der Waals surface area contributed by atoms with E-state index in [-0.39, 0.29) is 10.4 Å². The highest BCUT2D eigenvalue weighted by molar-refractivity contribution is 9.11. The molecule has 1 atom stereocenters. The molecule has 0 aliphatic heterocycles. The second-order valence-corrected chi connectivity index (χ2v) is 9.57. The van der Waals surface area contributed by atoms with Crippen molar-refractivity contribution in [2.45, 2.75) is 17.2 Å². The van der Waals surface area contributed by atoms with Crippen LogP contribution in [0.25, 0.3) is 11.1 Å². The van der Waals surface area contributed by atoms with Crippen molar-refractivity contribution < 1.29 is 26.3 Å². The molecule has 0 fully saturated rings. The first-order valence-corrected chi connectivity index (χ1v) is 12.0. The van der Waals surface area contributed by atoms with E-state index in [2.05, 4.69) is 37.6 Å². The molecule has 0 amide bonds. The van der Waals surface area contributed by atoms with E-state index in [4.69, 9.17) is 0 Å². The molecular weight excluding hydrogens is 598 g/mol. The molecule has 0 spiro atoms. The zero-order valence-corrected chi connectivity index (χ0v) is 20.9. The van der Waals surface area contributed by atoms with Crippen molar-refractivity contribution in [2.75, 3.05) is 0 Å². The molecular formula is C27H15Br2F6+. The number of hydrogen-bond donors (Lipinski definition) is 0. The summed E-state index contributed by atoms with van der Waals surface area (Å²) in [5, 5.41) is 0. The van der Waals surface area contributed by atoms with E-state index in [9.17, 15) is 26.3 Å². The molecule has 0 nitrogen and oxygen atoms in total. The molecule has 0 saturated carbocycles. The lowest BCUT2D eigenvalue weighted by Gasteiger charge is -2.22. The fourth-order valence-electron chi connectivity index (χ4n) is 3.74. The predicted molar refractivity (Wildman–Crippen MR) is 133 cm³/mol. The Bertz CT molecular complexity index is 1200. The first-order chi connectivity index (χ1) is 16.4. The third kappa shape index (κ3) is 5.61. The second-order valence-electron chi connectivity index (χ2n) is 7.73. The standard InChI is InChI=1S/C27H15Br2F6/c28-24-13-18(16-7-3-1-4-8-16)11-22(26(30,31)32)20(24)15-21-23(27(33,34)35)12-19(14-25(21)29)17-9-5-2-6-10-17/h1-14,24H/q+1. The molecule has 178 valence electrons. The summed E-state index contributed by atoms with van der Waals surface area (Å²) in [5.41, 5.74) is 1.05. The third-order valence-electron chi connectivity index (χ3n) is 5.37. The van der Waals surface area contributed by atoms with Crippen molar-refractivity contribution in [1.82, 2.24) is 0 Å². The Morgan fingerprint density at radius 3 is 1.71 bits per heavy atom. The molecule has 2 aliphatic rings. The van der Waals surface area contributed by atoms with Crippen molar-refractivity contribution in [2.24, 2.45) is 0 Å². The van der Waals surface area contributed by atoms with Crippen molar-refractivity contribution in [3.05, 3.63) is 129 Å². The number of benzene rings is 2. The molecule has 2 aliphatic carbocycles. The van der Waals surface area contributed by atoms with Crippen LogP contribution in [0.15, 0.2) is 113 Å². The van der Waals surface area contributed by atoms with E-state index in [1.807, 2.05) is 0 Å². The summed E-state index contributed by atoms with van der Waals surface area (Å²) in [6.07, 6.45) is -4.79. The quantitative estimate of drug-likeness (QED) is 0.137. The molecule has 0 heterocycles. The Labute approximate surface area is 215 Å². The summed E-state index contributed by atoms with van der Waals surface area (Å²) in [7, 11) is 0. The minimum Gasteiger partial charge on any atom is -0.166 e. The number of alkyl halides is 7. The summed E-state index contributed by atoms with van der Waals surface area (Å²) in [6.45, 7) is 0. The van der Waals surface area contributed by atoms with Gasteiger partial charge in [-0.3, -0.25) is 0 Å². The molecule has 0 radical (unpaired) electrons. The molecule has 8 heteroatoms. The van der Waals surface area contributed by atoms with Crippen molar-refractivity contribution in [3.63, 3.8) is 0 Å². The third-order valence-corrected chi connectivity index (χ3v) is 6.71. The van der Waals surface area contributed by atoms with Crippen LogP contribution in [0.4, 0.5) is 26.3 Å². The minimum atomic E-state index is -4.82. The molecule has 0 N–H and O–H groups in total. The molecule has 2 aromatic carbocycles. The van der Waals surface area contributed by atoms with Crippen LogP contribution >= 0.6 is 31.9 Å². The lowest BCUT2D eigenvalue weighted by molar-refractivity contribution is -0.0897. The van der Waals surface area contributed by atoms with E-state index in [0.29, 0.717) is 16.7 Å². The predicted octanol–water partition coefficient (Wildman–Crippen LogP) is 9.30. The van der Waals surface area contributed by atoms with Crippen LogP contribution in [0.2, 0.25) is 0 Å². The Hall–Kier alpha value is -2.67. The van der Waals surface area contributed by atoms with Crippen LogP contribution in [0, 0.1) is 4.83 Å². The molecule has 4 rings (SSSR count). The van der Waals surface area contributed by atoms with Gasteiger partial charge in [0.05, 0.1) is 21.5 Å². The lowest BCUT2D eigenvalue weighted by Crippen LogP contribution is -2.22. The normalized spacial score (nSPS) is 19.0. The summed E-state index contributed by atoms with van der Waals surface area (Å²) in [4.78, 5) is -1.03. The summed E-state index contributed by atoms with van der Waals surface area (Å²) < 4.78 is 84.4. The maximum absolute atomic E-state index is 14.1. The second kappa shape index (κ2) is 9.76. The maximum atomic E-state index is 14.1. The largest absolute Gasteiger partial charge is 0.456 e. The molecule has 2 aromatic rings. The van der Waals surface area contributed by atoms with E-state index >= 15 is 0 Å². The molecule has 0 bridgehead atoms. The molecule has 0 aromatic heterocycles. The summed E-state index contributed by atoms with van der Waals surface area (Å²) in [5.74, 6) is 0. The molecule has 0 saturated heterocycles. The van der Waals surface area contributed by atoms with Gasteiger partial charge >= 0.3 is 12.4 Å². The molecule has 1 unspecified atom stereocenters. The highest BCUT2D eigenvalue weighted by Gasteiger charge is 2.47. The molecule has 35 heavy (non-hydrogen) atoms. The SMILES string of the molecule is FC(F)(F)C1=CC(c2ccccc2)=C[C+](Br)C1=C=C1C(C(F)(F)F)=CC(c2ccccc2)=CC1Br. The van der Waals surface area contributed by atoms with Gasteiger partial charge in [-0.1, -0.05) is 70.5 Å². The summed E-state index contributed by atoms with van der Waals surface area (Å²) >= 11 is 6.37. The van der Waals surface area contributed by atoms with E-state index < -0.39 is 39.5 Å². The topological polar surface area (TPSA) is 0 Å². The van der Waals surface area contributed by atoms with Gasteiger partial charge in [-0.2, -0.15) is 26.3 Å². The van der Waals surface area contributed by atoms with Gasteiger partial charge in [0.15, 0.2) is 11.1 Å². The van der Waals surface area contributed by atoms with Crippen molar-refractivity contribution >= 4 is 43.0 Å². The number of halogens is 8. The van der Waals surface area contributed by atoms with Gasteiger partial charge in [0.2, 0.25) is 0 Å². The van der Waals surface area contributed by atoms with Gasteiger partial charge < -0.3 is 0 Å². The van der Waals surface area contributed by atoms with Crippen molar-refractivity contribution in [3.8, 4) is 0 Å². The zero-order valence-electron chi connectivity index (χ0n) is 17.7. The van der Waals surface area contributed by atoms with Crippen LogP contribution in [-0.4, -0.2) is 17.2 Å². The first kappa shape index (κ1) is 25.4. The van der Waals surface area contributed by atoms with Crippen LogP contribution < -0.4 is 0 Å². The monoisotopic (exact) mass is 611 g/mol. The van der Waals surface area contributed by atoms with Gasteiger partial charge in [0, 0.05) is 39.4 Å². The fraction of sp³-hybridized carbons (Fsp3) is 0.111. The average Bonchev–Trinajstić information content (AvgIpc) is 2.80. The highest BCUT2D eigenvalue weighted by Crippen LogP contribution is 2.46. The van der Waals surface area contributed by atoms with Gasteiger partial charge in [0.25, 0.3) is 0 Å². The van der Waals surface area contributed by atoms with E-state index in [1.165, 1.54) is 12.2 Å². The Morgan fingerprint density at radius 1 is 0.714 bits per heavy atom. The number of hydrogen-bond acceptors (Lipinski definition) is 0. The number of allylic oxidation sites excluding steroid dienone is 9. The van der Waals surface area contributed by atoms with Crippen molar-refractivity contribution in [1.29, 1.82) is 0 Å².